The summed E-state index contributed by atoms with van der Waals surface area (Å²) in [5.74, 6) is 0. The van der Waals surface area contributed by atoms with Crippen LogP contribution < -0.4 is 0 Å². The Morgan fingerprint density at radius 2 is 1.12 bits per heavy atom. The van der Waals surface area contributed by atoms with Gasteiger partial charge in [-0.25, -0.2) is 0 Å². The zero-order valence-corrected chi connectivity index (χ0v) is 8.58. The van der Waals surface area contributed by atoms with Crippen molar-refractivity contribution in [1.82, 2.24) is 0 Å². The molecule has 0 unspecified atom stereocenters. The molecule has 0 heterocycles. The minimum atomic E-state index is -0.250. The molecule has 8 heavy (non-hydrogen) atoms. The Kier molecular flexibility index (Phi) is 734. The fourth-order valence-electron chi connectivity index (χ4n) is 0. The maximum absolute atomic E-state index is 8.36. The summed E-state index contributed by atoms with van der Waals surface area (Å²) in [6, 6.07) is 0. The van der Waals surface area contributed by atoms with Crippen LogP contribution in [0.4, 0.5) is 0 Å². The fraction of sp³-hybridized carbons (Fsp3) is 0. The van der Waals surface area contributed by atoms with Crippen LogP contribution in [0.1, 0.15) is 2.85 Å². The van der Waals surface area contributed by atoms with E-state index in [0.717, 1.165) is 0 Å². The van der Waals surface area contributed by atoms with E-state index in [2.05, 4.69) is 0 Å². The van der Waals surface area contributed by atoms with Crippen LogP contribution >= 0.6 is 0 Å². The Bertz CT molecular complexity index is 23.2. The van der Waals surface area contributed by atoms with Gasteiger partial charge in [-0.3, -0.25) is 0 Å². The van der Waals surface area contributed by atoms with Gasteiger partial charge in [-0.05, 0) is 0 Å². The predicted octanol–water partition coefficient (Wildman–Crippen LogP) is -4.51. The molecule has 0 aliphatic carbocycles. The van der Waals surface area contributed by atoms with E-state index >= 15 is 0 Å². The van der Waals surface area contributed by atoms with Crippen LogP contribution in [0.15, 0.2) is 0 Å². The van der Waals surface area contributed by atoms with Gasteiger partial charge in [0.1, 0.15) is 0 Å². The monoisotopic (exact) mass is 256 g/mol. The third-order valence-corrected chi connectivity index (χ3v) is 0. The predicted molar refractivity (Wildman–Crippen MR) is 31.1 cm³/mol. The minimum absolute atomic E-state index is 0. The average Bonchev–Trinajstić information content (AvgIpc) is 0.918. The van der Waals surface area contributed by atoms with E-state index in [-0.39, 0.29) is 81.0 Å². The standard InChI is InChI=1S/BHO2.Ba.4H2O.2H/c2-1-3;;;;;;;/h2H;;4*1H2;;/q;+2;;;;;2*-1. The van der Waals surface area contributed by atoms with E-state index in [1.807, 2.05) is 0 Å². The number of hydrogen-bond donors (Lipinski definition) is 1. The van der Waals surface area contributed by atoms with Crippen molar-refractivity contribution in [3.63, 3.8) is 0 Å². The molecular weight excluding hydrogens is 244 g/mol. The second-order valence-corrected chi connectivity index (χ2v) is 0.105. The van der Waals surface area contributed by atoms with E-state index in [9.17, 15) is 0 Å². The van der Waals surface area contributed by atoms with Crippen LogP contribution in [-0.2, 0) is 4.70 Å². The maximum Gasteiger partial charge on any atom is 2.00 e. The molecule has 0 fully saturated rings. The smallest absolute Gasteiger partial charge is 1.00 e. The second kappa shape index (κ2) is 93.8. The molecule has 0 saturated heterocycles. The molecule has 0 bridgehead atoms. The molecule has 0 aromatic carbocycles. The van der Waals surface area contributed by atoms with Gasteiger partial charge in [0.15, 0.2) is 0 Å². The van der Waals surface area contributed by atoms with Gasteiger partial charge in [-0.2, -0.15) is 0 Å². The van der Waals surface area contributed by atoms with E-state index in [1.54, 1.807) is 0 Å². The maximum atomic E-state index is 8.36. The third kappa shape index (κ3) is 226. The summed E-state index contributed by atoms with van der Waals surface area (Å²) in [6.45, 7) is 0. The summed E-state index contributed by atoms with van der Waals surface area (Å²) in [7, 11) is -0.250. The average molecular weight is 255 g/mol. The Balaban J connectivity index is -0.000000000952. The van der Waals surface area contributed by atoms with Crippen LogP contribution in [0.3, 0.4) is 0 Å². The molecule has 0 atom stereocenters. The van der Waals surface area contributed by atoms with Crippen molar-refractivity contribution in [2.45, 2.75) is 0 Å². The summed E-state index contributed by atoms with van der Waals surface area (Å²) in [5.41, 5.74) is 0. The first-order valence-electron chi connectivity index (χ1n) is 0.494. The van der Waals surface area contributed by atoms with E-state index in [0.29, 0.717) is 0 Å². The summed E-state index contributed by atoms with van der Waals surface area (Å²) >= 11 is 0. The van der Waals surface area contributed by atoms with Crippen LogP contribution in [0, 0.1) is 0 Å². The van der Waals surface area contributed by atoms with Crippen molar-refractivity contribution in [2.75, 3.05) is 0 Å². The summed E-state index contributed by atoms with van der Waals surface area (Å²) in [6.07, 6.45) is 0. The molecule has 0 aliphatic heterocycles. The van der Waals surface area contributed by atoms with Gasteiger partial charge in [0.25, 0.3) is 0 Å². The summed E-state index contributed by atoms with van der Waals surface area (Å²) in [4.78, 5) is 0. The molecule has 0 amide bonds. The zero-order chi connectivity index (χ0) is 2.71. The van der Waals surface area contributed by atoms with Gasteiger partial charge in [0.05, 0.1) is 0 Å². The SMILES string of the molecule is O.O.O.O.O=BO.[Ba+2].[H-].[H-]. The molecule has 8 heteroatoms. The second-order valence-electron chi connectivity index (χ2n) is 0.105. The van der Waals surface area contributed by atoms with Crippen LogP contribution in [-0.4, -0.2) is 83.2 Å². The van der Waals surface area contributed by atoms with Gasteiger partial charge >= 0.3 is 66.0 Å². The van der Waals surface area contributed by atoms with Crippen molar-refractivity contribution in [2.24, 2.45) is 0 Å². The minimum Gasteiger partial charge on any atom is -1.00 e. The number of rotatable bonds is 0. The molecule has 0 radical (unpaired) electrons. The van der Waals surface area contributed by atoms with E-state index in [4.69, 9.17) is 9.73 Å². The largest absolute Gasteiger partial charge is 2.00 e. The van der Waals surface area contributed by atoms with Crippen molar-refractivity contribution in [3.05, 3.63) is 0 Å². The molecule has 0 aromatic heterocycles. The van der Waals surface area contributed by atoms with E-state index in [1.165, 1.54) is 0 Å². The fourth-order valence-corrected chi connectivity index (χ4v) is 0. The normalized spacial score (nSPS) is 1.00. The van der Waals surface area contributed by atoms with Gasteiger partial charge in [-0.1, -0.05) is 0 Å². The molecule has 0 rings (SSSR count). The van der Waals surface area contributed by atoms with E-state index < -0.39 is 0 Å². The third-order valence-electron chi connectivity index (χ3n) is 0. The first-order valence-corrected chi connectivity index (χ1v) is 0.494. The van der Waals surface area contributed by atoms with Gasteiger partial charge in [0.2, 0.25) is 0 Å². The first kappa shape index (κ1) is 62.6. The van der Waals surface area contributed by atoms with Gasteiger partial charge in [-0.15, -0.1) is 0 Å². The molecule has 0 aliphatic rings. The molecule has 0 saturated carbocycles. The molecule has 9 N–H and O–H groups in total. The quantitative estimate of drug-likeness (QED) is 0.431. The molecular formula is H11BBaO6. The summed E-state index contributed by atoms with van der Waals surface area (Å²) < 4.78 is 8.36. The van der Waals surface area contributed by atoms with Crippen molar-refractivity contribution in [3.8, 4) is 0 Å². The van der Waals surface area contributed by atoms with Crippen LogP contribution in [0.5, 0.6) is 0 Å². The van der Waals surface area contributed by atoms with Gasteiger partial charge < -0.3 is 24.8 Å². The molecule has 52 valence electrons. The van der Waals surface area contributed by atoms with Gasteiger partial charge in [0, 0.05) is 0 Å². The topological polar surface area (TPSA) is 163 Å². The summed E-state index contributed by atoms with van der Waals surface area (Å²) in [5, 5.41) is 6.89. The molecule has 0 spiro atoms. The van der Waals surface area contributed by atoms with Crippen molar-refractivity contribution >= 4 is 56.2 Å². The van der Waals surface area contributed by atoms with Crippen molar-refractivity contribution in [1.29, 1.82) is 0 Å². The Morgan fingerprint density at radius 3 is 1.12 bits per heavy atom. The Hall–Kier alpha value is 1.08. The zero-order valence-electron chi connectivity index (χ0n) is 6.14. The first-order chi connectivity index (χ1) is 1.41. The van der Waals surface area contributed by atoms with Crippen LogP contribution in [0.25, 0.3) is 0 Å². The van der Waals surface area contributed by atoms with Crippen LogP contribution in [0.2, 0.25) is 0 Å². The van der Waals surface area contributed by atoms with Crippen molar-refractivity contribution < 1.29 is 34.5 Å². The Labute approximate surface area is 89.8 Å². The molecule has 6 nitrogen and oxygen atoms in total. The Morgan fingerprint density at radius 1 is 1.12 bits per heavy atom. The molecule has 0 aromatic rings. The number of hydrogen-bond acceptors (Lipinski definition) is 1.